The van der Waals surface area contributed by atoms with Crippen molar-refractivity contribution < 1.29 is 9.59 Å². The molecule has 106 valence electrons. The summed E-state index contributed by atoms with van der Waals surface area (Å²) < 4.78 is 0. The summed E-state index contributed by atoms with van der Waals surface area (Å²) in [6.45, 7) is 12.1. The zero-order chi connectivity index (χ0) is 14.7. The Morgan fingerprint density at radius 1 is 0.722 bits per heavy atom. The van der Waals surface area contributed by atoms with Gasteiger partial charge < -0.3 is 0 Å². The Labute approximate surface area is 111 Å². The third-order valence-corrected chi connectivity index (χ3v) is 2.53. The van der Waals surface area contributed by atoms with Crippen LogP contribution in [-0.2, 0) is 9.59 Å². The van der Waals surface area contributed by atoms with Gasteiger partial charge in [-0.3, -0.25) is 19.6 Å². The fourth-order valence-electron chi connectivity index (χ4n) is 1.47. The second-order valence-electron chi connectivity index (χ2n) is 7.31. The van der Waals surface area contributed by atoms with Crippen LogP contribution in [0.5, 0.6) is 0 Å². The first-order valence-corrected chi connectivity index (χ1v) is 6.36. The predicted octanol–water partition coefficient (Wildman–Crippen LogP) is 2.69. The predicted molar refractivity (Wildman–Crippen MR) is 73.7 cm³/mol. The first-order valence-electron chi connectivity index (χ1n) is 6.36. The topological polar surface area (TPSA) is 40.6 Å². The summed E-state index contributed by atoms with van der Waals surface area (Å²) in [5.74, 6) is -0.0699. The molecule has 0 unspecified atom stereocenters. The van der Waals surface area contributed by atoms with Crippen LogP contribution in [0.3, 0.4) is 0 Å². The zero-order valence-corrected chi connectivity index (χ0v) is 13.1. The van der Waals surface area contributed by atoms with E-state index in [1.165, 1.54) is 10.0 Å². The summed E-state index contributed by atoms with van der Waals surface area (Å²) in [6, 6.07) is 0. The van der Waals surface area contributed by atoms with Gasteiger partial charge in [-0.1, -0.05) is 41.5 Å². The molecule has 0 N–H and O–H groups in total. The molecule has 0 aliphatic carbocycles. The van der Waals surface area contributed by atoms with Crippen molar-refractivity contribution in [1.29, 1.82) is 0 Å². The van der Waals surface area contributed by atoms with E-state index in [0.29, 0.717) is 12.8 Å². The number of carbonyl (C=O) groups is 2. The minimum atomic E-state index is -0.0702. The lowest BCUT2D eigenvalue weighted by Crippen LogP contribution is -2.46. The van der Waals surface area contributed by atoms with Gasteiger partial charge in [0, 0.05) is 26.9 Å². The molecule has 0 aliphatic rings. The van der Waals surface area contributed by atoms with Crippen molar-refractivity contribution in [1.82, 2.24) is 10.0 Å². The van der Waals surface area contributed by atoms with Gasteiger partial charge in [-0.2, -0.15) is 0 Å². The van der Waals surface area contributed by atoms with E-state index in [9.17, 15) is 9.59 Å². The number of amides is 2. The highest BCUT2D eigenvalue weighted by atomic mass is 16.2. The third kappa shape index (κ3) is 6.62. The van der Waals surface area contributed by atoms with Crippen LogP contribution in [0.15, 0.2) is 0 Å². The number of hydrazine groups is 1. The zero-order valence-electron chi connectivity index (χ0n) is 13.1. The maximum atomic E-state index is 12.0. The van der Waals surface area contributed by atoms with Gasteiger partial charge in [0.2, 0.25) is 11.8 Å². The second kappa shape index (κ2) is 5.72. The maximum Gasteiger partial charge on any atom is 0.241 e. The monoisotopic (exact) mass is 256 g/mol. The van der Waals surface area contributed by atoms with Gasteiger partial charge in [-0.15, -0.1) is 0 Å². The first-order chi connectivity index (χ1) is 7.83. The molecule has 0 bridgehead atoms. The molecule has 0 spiro atoms. The van der Waals surface area contributed by atoms with Crippen molar-refractivity contribution >= 4 is 11.8 Å². The average molecular weight is 256 g/mol. The van der Waals surface area contributed by atoms with Crippen molar-refractivity contribution in [2.75, 3.05) is 14.1 Å². The number of hydrogen-bond acceptors (Lipinski definition) is 2. The Balaban J connectivity index is 4.55. The van der Waals surface area contributed by atoms with E-state index in [1.54, 1.807) is 14.1 Å². The van der Waals surface area contributed by atoms with E-state index in [4.69, 9.17) is 0 Å². The Morgan fingerprint density at radius 3 is 1.11 bits per heavy atom. The summed E-state index contributed by atoms with van der Waals surface area (Å²) in [5.41, 5.74) is -0.140. The van der Waals surface area contributed by atoms with Crippen LogP contribution >= 0.6 is 0 Å². The van der Waals surface area contributed by atoms with Crippen LogP contribution in [0.2, 0.25) is 0 Å². The van der Waals surface area contributed by atoms with Gasteiger partial charge in [-0.05, 0) is 10.8 Å². The summed E-state index contributed by atoms with van der Waals surface area (Å²) >= 11 is 0. The molecule has 4 heteroatoms. The smallest absolute Gasteiger partial charge is 0.241 e. The summed E-state index contributed by atoms with van der Waals surface area (Å²) in [7, 11) is 3.29. The summed E-state index contributed by atoms with van der Waals surface area (Å²) in [6.07, 6.45) is 0.854. The molecule has 0 aliphatic heterocycles. The molecular formula is C14H28N2O2. The molecule has 0 aromatic carbocycles. The molecule has 0 aromatic rings. The lowest BCUT2D eigenvalue weighted by atomic mass is 9.91. The van der Waals surface area contributed by atoms with Crippen LogP contribution in [0, 0.1) is 10.8 Å². The van der Waals surface area contributed by atoms with Crippen molar-refractivity contribution in [2.45, 2.75) is 54.4 Å². The van der Waals surface area contributed by atoms with Crippen molar-refractivity contribution in [3.63, 3.8) is 0 Å². The highest BCUT2D eigenvalue weighted by molar-refractivity contribution is 5.82. The number of nitrogens with zero attached hydrogens (tertiary/aromatic N) is 2. The highest BCUT2D eigenvalue weighted by Crippen LogP contribution is 2.22. The molecule has 0 aromatic heterocycles. The van der Waals surface area contributed by atoms with Gasteiger partial charge in [0.1, 0.15) is 0 Å². The number of hydrogen-bond donors (Lipinski definition) is 0. The Morgan fingerprint density at radius 2 is 0.944 bits per heavy atom. The second-order valence-corrected chi connectivity index (χ2v) is 7.31. The lowest BCUT2D eigenvalue weighted by molar-refractivity contribution is -0.160. The van der Waals surface area contributed by atoms with Crippen molar-refractivity contribution in [3.05, 3.63) is 0 Å². The van der Waals surface area contributed by atoms with Crippen LogP contribution in [0.25, 0.3) is 0 Å². The van der Waals surface area contributed by atoms with Gasteiger partial charge >= 0.3 is 0 Å². The normalized spacial score (nSPS) is 12.2. The van der Waals surface area contributed by atoms with Gasteiger partial charge in [0.15, 0.2) is 0 Å². The third-order valence-electron chi connectivity index (χ3n) is 2.53. The van der Waals surface area contributed by atoms with Crippen LogP contribution < -0.4 is 0 Å². The molecule has 18 heavy (non-hydrogen) atoms. The first kappa shape index (κ1) is 16.9. The van der Waals surface area contributed by atoms with Crippen LogP contribution in [-0.4, -0.2) is 35.9 Å². The maximum absolute atomic E-state index is 12.0. The molecule has 2 amide bonds. The molecule has 0 saturated heterocycles. The fraction of sp³-hybridized carbons (Fsp3) is 0.857. The van der Waals surface area contributed by atoms with E-state index in [0.717, 1.165) is 0 Å². The molecule has 0 rings (SSSR count). The SMILES string of the molecule is CN(C(=O)CC(C)(C)C)N(C)C(=O)CC(C)(C)C. The fourth-order valence-corrected chi connectivity index (χ4v) is 1.47. The van der Waals surface area contributed by atoms with E-state index in [-0.39, 0.29) is 22.6 Å². The quantitative estimate of drug-likeness (QED) is 0.713. The summed E-state index contributed by atoms with van der Waals surface area (Å²) in [4.78, 5) is 24.0. The Kier molecular flexibility index (Phi) is 5.38. The molecular weight excluding hydrogens is 228 g/mol. The van der Waals surface area contributed by atoms with E-state index in [2.05, 4.69) is 0 Å². The minimum Gasteiger partial charge on any atom is -0.273 e. The number of carbonyl (C=O) groups excluding carboxylic acids is 2. The van der Waals surface area contributed by atoms with Crippen molar-refractivity contribution in [2.24, 2.45) is 10.8 Å². The number of rotatable bonds is 2. The van der Waals surface area contributed by atoms with E-state index < -0.39 is 0 Å². The van der Waals surface area contributed by atoms with Gasteiger partial charge in [0.25, 0.3) is 0 Å². The standard InChI is InChI=1S/C14H28N2O2/c1-13(2,3)9-11(17)15(7)16(8)12(18)10-14(4,5)6/h9-10H2,1-8H3. The molecule has 0 fully saturated rings. The van der Waals surface area contributed by atoms with Gasteiger partial charge in [0.05, 0.1) is 0 Å². The Hall–Kier alpha value is -1.06. The van der Waals surface area contributed by atoms with Gasteiger partial charge in [-0.25, -0.2) is 0 Å². The lowest BCUT2D eigenvalue weighted by Gasteiger charge is -2.32. The largest absolute Gasteiger partial charge is 0.273 e. The van der Waals surface area contributed by atoms with Crippen molar-refractivity contribution in [3.8, 4) is 0 Å². The molecule has 0 radical (unpaired) electrons. The van der Waals surface area contributed by atoms with Crippen LogP contribution in [0.4, 0.5) is 0 Å². The minimum absolute atomic E-state index is 0.0349. The Bertz CT molecular complexity index is 279. The average Bonchev–Trinajstić information content (AvgIpc) is 2.09. The van der Waals surface area contributed by atoms with E-state index >= 15 is 0 Å². The summed E-state index contributed by atoms with van der Waals surface area (Å²) in [5, 5.41) is 2.83. The molecule has 0 atom stereocenters. The molecule has 0 heterocycles. The molecule has 4 nitrogen and oxygen atoms in total. The highest BCUT2D eigenvalue weighted by Gasteiger charge is 2.26. The molecule has 0 saturated carbocycles. The van der Waals surface area contributed by atoms with Crippen LogP contribution in [0.1, 0.15) is 54.4 Å². The van der Waals surface area contributed by atoms with E-state index in [1.807, 2.05) is 41.5 Å².